The number of rotatable bonds is 10. The summed E-state index contributed by atoms with van der Waals surface area (Å²) in [7, 11) is 0. The molecule has 1 atom stereocenters. The van der Waals surface area contributed by atoms with Gasteiger partial charge in [0.15, 0.2) is 11.9 Å². The highest BCUT2D eigenvalue weighted by atomic mass is 32.2. The number of aromatic nitrogens is 5. The van der Waals surface area contributed by atoms with Gasteiger partial charge in [-0.2, -0.15) is 19.0 Å². The van der Waals surface area contributed by atoms with E-state index in [4.69, 9.17) is 9.47 Å². The third-order valence-electron chi connectivity index (χ3n) is 6.70. The zero-order valence-corrected chi connectivity index (χ0v) is 22.6. The molecule has 0 spiro atoms. The number of carbonyl (C=O) groups is 1. The molecule has 14 heteroatoms. The number of aliphatic hydroxyl groups is 1. The monoisotopic (exact) mass is 583 g/mol. The lowest BCUT2D eigenvalue weighted by Gasteiger charge is -2.25. The minimum Gasteiger partial charge on any atom is -0.434 e. The number of ether oxygens (including phenoxy) is 2. The van der Waals surface area contributed by atoms with E-state index in [0.717, 1.165) is 11.3 Å². The van der Waals surface area contributed by atoms with E-state index in [1.807, 2.05) is 12.2 Å². The summed E-state index contributed by atoms with van der Waals surface area (Å²) in [6.07, 6.45) is 9.81. The second kappa shape index (κ2) is 11.8. The van der Waals surface area contributed by atoms with Crippen molar-refractivity contribution in [3.8, 4) is 17.0 Å². The molecule has 0 aliphatic carbocycles. The SMILES string of the molecule is O=C(Cn1cc(NC(O)c2cnn3cccnc23)c(-c2cc(SC3COC3)ccc2OC(F)F)n1)N1CC=CCC1. The molecule has 11 nitrogen and oxygen atoms in total. The van der Waals surface area contributed by atoms with Gasteiger partial charge in [0.25, 0.3) is 0 Å². The van der Waals surface area contributed by atoms with Crippen molar-refractivity contribution in [2.75, 3.05) is 31.6 Å². The van der Waals surface area contributed by atoms with Crippen LogP contribution in [0.1, 0.15) is 18.2 Å². The number of fused-ring (bicyclic) bond motifs is 1. The Labute approximate surface area is 237 Å². The number of nitrogens with one attached hydrogen (secondary N) is 1. The van der Waals surface area contributed by atoms with Gasteiger partial charge in [-0.05, 0) is 30.7 Å². The highest BCUT2D eigenvalue weighted by Gasteiger charge is 2.25. The van der Waals surface area contributed by atoms with Crippen LogP contribution in [0.2, 0.25) is 0 Å². The fourth-order valence-electron chi connectivity index (χ4n) is 4.62. The summed E-state index contributed by atoms with van der Waals surface area (Å²) in [6.45, 7) is -0.819. The van der Waals surface area contributed by atoms with Crippen LogP contribution >= 0.6 is 11.8 Å². The van der Waals surface area contributed by atoms with Crippen LogP contribution in [0.15, 0.2) is 66.1 Å². The third-order valence-corrected chi connectivity index (χ3v) is 7.83. The summed E-state index contributed by atoms with van der Waals surface area (Å²) < 4.78 is 39.9. The zero-order chi connectivity index (χ0) is 28.3. The standard InChI is InChI=1S/C27H27F2N7O4S/c28-27(29)40-22-6-5-17(41-18-15-39-16-18)11-19(22)24-21(13-35(33-24)14-23(37)34-8-2-1-3-9-34)32-26(38)20-12-31-36-10-4-7-30-25(20)36/h1-2,4-7,10-13,18,26-27,32,38H,3,8-9,14-16H2. The fraction of sp³-hybridized carbons (Fsp3) is 0.333. The number of thioether (sulfide) groups is 1. The lowest BCUT2D eigenvalue weighted by molar-refractivity contribution is -0.131. The van der Waals surface area contributed by atoms with E-state index in [9.17, 15) is 18.7 Å². The molecule has 0 bridgehead atoms. The molecule has 5 heterocycles. The number of hydrogen-bond acceptors (Lipinski definition) is 9. The van der Waals surface area contributed by atoms with Crippen molar-refractivity contribution in [3.63, 3.8) is 0 Å². The van der Waals surface area contributed by atoms with Crippen molar-refractivity contribution in [1.29, 1.82) is 0 Å². The molecule has 3 aromatic heterocycles. The van der Waals surface area contributed by atoms with E-state index < -0.39 is 12.8 Å². The Kier molecular flexibility index (Phi) is 7.85. The van der Waals surface area contributed by atoms with Crippen LogP contribution in [0.4, 0.5) is 14.5 Å². The Morgan fingerprint density at radius 1 is 1.29 bits per heavy atom. The van der Waals surface area contributed by atoms with Gasteiger partial charge >= 0.3 is 6.61 Å². The number of hydrogen-bond donors (Lipinski definition) is 2. The first kappa shape index (κ1) is 27.2. The Morgan fingerprint density at radius 3 is 2.93 bits per heavy atom. The maximum Gasteiger partial charge on any atom is 0.387 e. The number of alkyl halides is 2. The molecular formula is C27H27F2N7O4S. The van der Waals surface area contributed by atoms with Crippen molar-refractivity contribution in [1.82, 2.24) is 29.3 Å². The molecule has 2 N–H and O–H groups in total. The van der Waals surface area contributed by atoms with E-state index in [0.29, 0.717) is 43.2 Å². The first-order chi connectivity index (χ1) is 19.9. The molecular weight excluding hydrogens is 556 g/mol. The Balaban J connectivity index is 1.37. The van der Waals surface area contributed by atoms with E-state index in [1.165, 1.54) is 21.5 Å². The largest absolute Gasteiger partial charge is 0.434 e. The number of anilines is 1. The molecule has 214 valence electrons. The van der Waals surface area contributed by atoms with Gasteiger partial charge in [0, 0.05) is 42.1 Å². The number of halogens is 2. The molecule has 41 heavy (non-hydrogen) atoms. The van der Waals surface area contributed by atoms with E-state index in [-0.39, 0.29) is 34.7 Å². The minimum absolute atomic E-state index is 0.0736. The molecule has 1 amide bonds. The Hall–Kier alpha value is -4.01. The molecule has 4 aromatic rings. The van der Waals surface area contributed by atoms with Gasteiger partial charge in [0.2, 0.25) is 5.91 Å². The fourth-order valence-corrected chi connectivity index (χ4v) is 5.66. The van der Waals surface area contributed by atoms with E-state index in [1.54, 1.807) is 53.5 Å². The predicted octanol–water partition coefficient (Wildman–Crippen LogP) is 3.58. The average molecular weight is 584 g/mol. The van der Waals surface area contributed by atoms with Gasteiger partial charge in [-0.3, -0.25) is 9.48 Å². The smallest absolute Gasteiger partial charge is 0.387 e. The van der Waals surface area contributed by atoms with Crippen LogP contribution in [0, 0.1) is 0 Å². The average Bonchev–Trinajstić information content (AvgIpc) is 3.55. The number of amides is 1. The molecule has 2 aliphatic heterocycles. The summed E-state index contributed by atoms with van der Waals surface area (Å²) in [6, 6.07) is 6.62. The normalized spacial score (nSPS) is 16.2. The van der Waals surface area contributed by atoms with Crippen molar-refractivity contribution in [2.45, 2.75) is 36.0 Å². The predicted molar refractivity (Wildman–Crippen MR) is 147 cm³/mol. The summed E-state index contributed by atoms with van der Waals surface area (Å²) in [4.78, 5) is 19.8. The van der Waals surface area contributed by atoms with Gasteiger partial charge < -0.3 is 24.8 Å². The zero-order valence-electron chi connectivity index (χ0n) is 21.8. The first-order valence-corrected chi connectivity index (χ1v) is 13.9. The maximum atomic E-state index is 13.4. The molecule has 2 aliphatic rings. The van der Waals surface area contributed by atoms with Crippen LogP contribution in [-0.2, 0) is 16.1 Å². The lowest BCUT2D eigenvalue weighted by atomic mass is 10.1. The molecule has 1 unspecified atom stereocenters. The Morgan fingerprint density at radius 2 is 2.17 bits per heavy atom. The van der Waals surface area contributed by atoms with Crippen LogP contribution in [-0.4, -0.2) is 78.5 Å². The molecule has 0 radical (unpaired) electrons. The molecule has 1 aromatic carbocycles. The van der Waals surface area contributed by atoms with Crippen LogP contribution in [0.5, 0.6) is 5.75 Å². The third kappa shape index (κ3) is 6.04. The lowest BCUT2D eigenvalue weighted by Crippen LogP contribution is -2.36. The molecule has 6 rings (SSSR count). The van der Waals surface area contributed by atoms with Crippen molar-refractivity contribution in [3.05, 3.63) is 66.8 Å². The summed E-state index contributed by atoms with van der Waals surface area (Å²) in [5.41, 5.74) is 1.68. The number of aliphatic hydroxyl groups excluding tert-OH is 1. The van der Waals surface area contributed by atoms with E-state index >= 15 is 0 Å². The highest BCUT2D eigenvalue weighted by Crippen LogP contribution is 2.40. The van der Waals surface area contributed by atoms with Crippen LogP contribution in [0.3, 0.4) is 0 Å². The number of benzene rings is 1. The van der Waals surface area contributed by atoms with Crippen LogP contribution < -0.4 is 10.1 Å². The van der Waals surface area contributed by atoms with Gasteiger partial charge in [-0.15, -0.1) is 11.8 Å². The van der Waals surface area contributed by atoms with Gasteiger partial charge in [-0.1, -0.05) is 12.2 Å². The quantitative estimate of drug-likeness (QED) is 0.213. The summed E-state index contributed by atoms with van der Waals surface area (Å²) in [5, 5.41) is 23.3. The van der Waals surface area contributed by atoms with E-state index in [2.05, 4.69) is 20.5 Å². The second-order valence-corrected chi connectivity index (χ2v) is 10.9. The van der Waals surface area contributed by atoms with Gasteiger partial charge in [0.05, 0.1) is 35.9 Å². The first-order valence-electron chi connectivity index (χ1n) is 13.0. The summed E-state index contributed by atoms with van der Waals surface area (Å²) >= 11 is 1.56. The molecule has 0 saturated carbocycles. The van der Waals surface area contributed by atoms with Gasteiger partial charge in [-0.25, -0.2) is 9.50 Å². The molecule has 1 saturated heterocycles. The van der Waals surface area contributed by atoms with Crippen LogP contribution in [0.25, 0.3) is 16.9 Å². The van der Waals surface area contributed by atoms with Crippen molar-refractivity contribution < 1.29 is 28.2 Å². The topological polar surface area (TPSA) is 119 Å². The van der Waals surface area contributed by atoms with Gasteiger partial charge in [0.1, 0.15) is 18.0 Å². The minimum atomic E-state index is -3.06. The Bertz CT molecular complexity index is 1570. The number of nitrogens with zero attached hydrogens (tertiary/aromatic N) is 6. The number of carbonyl (C=O) groups excluding carboxylic acids is 1. The van der Waals surface area contributed by atoms with Crippen molar-refractivity contribution in [2.24, 2.45) is 0 Å². The molecule has 1 fully saturated rings. The summed E-state index contributed by atoms with van der Waals surface area (Å²) in [5.74, 6) is -0.220. The van der Waals surface area contributed by atoms with Crippen molar-refractivity contribution >= 4 is 29.0 Å². The maximum absolute atomic E-state index is 13.4. The second-order valence-electron chi connectivity index (χ2n) is 9.54. The highest BCUT2D eigenvalue weighted by molar-refractivity contribution is 8.00.